The van der Waals surface area contributed by atoms with Gasteiger partial charge in [0.05, 0.1) is 0 Å². The van der Waals surface area contributed by atoms with E-state index in [1.54, 1.807) is 0 Å². The van der Waals surface area contributed by atoms with Crippen molar-refractivity contribution < 1.29 is 0 Å². The van der Waals surface area contributed by atoms with E-state index < -0.39 is 0 Å². The van der Waals surface area contributed by atoms with E-state index in [4.69, 9.17) is 4.99 Å². The zero-order valence-corrected chi connectivity index (χ0v) is 17.3. The van der Waals surface area contributed by atoms with Crippen LogP contribution < -0.4 is 5.32 Å². The minimum atomic E-state index is 0. The van der Waals surface area contributed by atoms with Crippen molar-refractivity contribution in [2.75, 3.05) is 26.2 Å². The molecule has 23 heavy (non-hydrogen) atoms. The lowest BCUT2D eigenvalue weighted by atomic mass is 9.87. The quantitative estimate of drug-likeness (QED) is 0.441. The van der Waals surface area contributed by atoms with Gasteiger partial charge in [0.25, 0.3) is 0 Å². The number of nitrogens with zero attached hydrogens (tertiary/aromatic N) is 3. The molecule has 0 saturated carbocycles. The van der Waals surface area contributed by atoms with Crippen LogP contribution in [0.2, 0.25) is 0 Å². The number of hydrogen-bond acceptors (Lipinski definition) is 2. The van der Waals surface area contributed by atoms with E-state index in [0.29, 0.717) is 5.41 Å². The van der Waals surface area contributed by atoms with Gasteiger partial charge in [0, 0.05) is 38.6 Å². The summed E-state index contributed by atoms with van der Waals surface area (Å²) >= 11 is 0. The van der Waals surface area contributed by atoms with Crippen molar-refractivity contribution in [1.29, 1.82) is 0 Å². The van der Waals surface area contributed by atoms with Gasteiger partial charge in [-0.2, -0.15) is 0 Å². The summed E-state index contributed by atoms with van der Waals surface area (Å²) in [6.45, 7) is 12.9. The Kier molecular flexibility index (Phi) is 8.29. The van der Waals surface area contributed by atoms with Gasteiger partial charge < -0.3 is 10.2 Å². The monoisotopic (exact) mass is 430 g/mol. The van der Waals surface area contributed by atoms with Gasteiger partial charge in [0.15, 0.2) is 5.96 Å². The van der Waals surface area contributed by atoms with E-state index >= 15 is 0 Å². The Bertz CT molecular complexity index is 517. The highest BCUT2D eigenvalue weighted by molar-refractivity contribution is 14.0. The highest BCUT2D eigenvalue weighted by atomic mass is 127. The molecule has 0 spiro atoms. The molecule has 1 aromatic heterocycles. The Morgan fingerprint density at radius 3 is 2.83 bits per heavy atom. The second kappa shape index (κ2) is 9.45. The normalized spacial score (nSPS) is 21.2. The minimum Gasteiger partial charge on any atom is -0.357 e. The summed E-state index contributed by atoms with van der Waals surface area (Å²) in [6, 6.07) is 2.10. The zero-order valence-electron chi connectivity index (χ0n) is 14.9. The molecule has 0 aromatic carbocycles. The van der Waals surface area contributed by atoms with E-state index in [-0.39, 0.29) is 24.0 Å². The number of guanidine groups is 1. The fourth-order valence-corrected chi connectivity index (χ4v) is 2.98. The first-order valence-corrected chi connectivity index (χ1v) is 8.50. The molecule has 4 nitrogen and oxygen atoms in total. The van der Waals surface area contributed by atoms with E-state index in [1.807, 2.05) is 12.4 Å². The van der Waals surface area contributed by atoms with Crippen LogP contribution in [0.5, 0.6) is 0 Å². The SMILES string of the molecule is CCNC(=NCCc1ccncc1C)N1CCC(C)(CC)C1.I. The predicted octanol–water partition coefficient (Wildman–Crippen LogP) is 3.64. The fourth-order valence-electron chi connectivity index (χ4n) is 2.98. The molecule has 0 amide bonds. The van der Waals surface area contributed by atoms with Crippen LogP contribution in [0.15, 0.2) is 23.5 Å². The molecule has 2 heterocycles. The molecule has 130 valence electrons. The van der Waals surface area contributed by atoms with Gasteiger partial charge in [-0.1, -0.05) is 13.8 Å². The predicted molar refractivity (Wildman–Crippen MR) is 109 cm³/mol. The van der Waals surface area contributed by atoms with Crippen LogP contribution in [0.4, 0.5) is 0 Å². The average Bonchev–Trinajstić information content (AvgIpc) is 2.91. The highest BCUT2D eigenvalue weighted by Gasteiger charge is 2.33. The molecule has 0 bridgehead atoms. The Balaban J connectivity index is 0.00000264. The molecule has 1 aliphatic rings. The summed E-state index contributed by atoms with van der Waals surface area (Å²) in [7, 11) is 0. The van der Waals surface area contributed by atoms with Gasteiger partial charge in [-0.15, -0.1) is 24.0 Å². The number of likely N-dealkylation sites (tertiary alicyclic amines) is 1. The standard InChI is InChI=1S/C18H30N4.HI/c1-5-18(4)9-12-22(14-18)17(20-6-2)21-11-8-16-7-10-19-13-15(16)3;/h7,10,13H,5-6,8-9,11-12,14H2,1-4H3,(H,20,21);1H. The maximum absolute atomic E-state index is 4.84. The van der Waals surface area contributed by atoms with Crippen LogP contribution in [-0.4, -0.2) is 42.0 Å². The van der Waals surface area contributed by atoms with Crippen LogP contribution in [0.3, 0.4) is 0 Å². The summed E-state index contributed by atoms with van der Waals surface area (Å²) in [6.07, 6.45) is 7.26. The van der Waals surface area contributed by atoms with Crippen molar-refractivity contribution in [2.24, 2.45) is 10.4 Å². The first kappa shape index (κ1) is 20.2. The maximum atomic E-state index is 4.84. The average molecular weight is 430 g/mol. The molecule has 1 aromatic rings. The molecule has 1 atom stereocenters. The first-order chi connectivity index (χ1) is 10.6. The van der Waals surface area contributed by atoms with Crippen LogP contribution in [-0.2, 0) is 6.42 Å². The molecule has 1 fully saturated rings. The van der Waals surface area contributed by atoms with Gasteiger partial charge >= 0.3 is 0 Å². The third-order valence-corrected chi connectivity index (χ3v) is 4.83. The number of aryl methyl sites for hydroxylation is 1. The third-order valence-electron chi connectivity index (χ3n) is 4.83. The van der Waals surface area contributed by atoms with Crippen molar-refractivity contribution in [3.63, 3.8) is 0 Å². The first-order valence-electron chi connectivity index (χ1n) is 8.50. The topological polar surface area (TPSA) is 40.5 Å². The molecule has 5 heteroatoms. The molecule has 0 aliphatic carbocycles. The lowest BCUT2D eigenvalue weighted by Gasteiger charge is -2.25. The van der Waals surface area contributed by atoms with Crippen LogP contribution in [0.1, 0.15) is 44.7 Å². The summed E-state index contributed by atoms with van der Waals surface area (Å²) < 4.78 is 0. The number of halogens is 1. The van der Waals surface area contributed by atoms with Gasteiger partial charge in [-0.3, -0.25) is 9.98 Å². The molecular formula is C18H31IN4. The van der Waals surface area contributed by atoms with Crippen LogP contribution in [0.25, 0.3) is 0 Å². The smallest absolute Gasteiger partial charge is 0.193 e. The Morgan fingerprint density at radius 2 is 2.22 bits per heavy atom. The van der Waals surface area contributed by atoms with Crippen molar-refractivity contribution in [2.45, 2.75) is 47.0 Å². The molecule has 0 radical (unpaired) electrons. The molecule has 1 unspecified atom stereocenters. The van der Waals surface area contributed by atoms with E-state index in [9.17, 15) is 0 Å². The second-order valence-electron chi connectivity index (χ2n) is 6.62. The van der Waals surface area contributed by atoms with Crippen molar-refractivity contribution >= 4 is 29.9 Å². The Hall–Kier alpha value is -0.850. The van der Waals surface area contributed by atoms with E-state index in [2.05, 4.69) is 49.0 Å². The lowest BCUT2D eigenvalue weighted by Crippen LogP contribution is -2.41. The highest BCUT2D eigenvalue weighted by Crippen LogP contribution is 2.32. The molecule has 1 saturated heterocycles. The lowest BCUT2D eigenvalue weighted by molar-refractivity contribution is 0.322. The van der Waals surface area contributed by atoms with Crippen LogP contribution in [0, 0.1) is 12.3 Å². The number of rotatable bonds is 5. The molecule has 2 rings (SSSR count). The van der Waals surface area contributed by atoms with Crippen molar-refractivity contribution in [3.05, 3.63) is 29.6 Å². The van der Waals surface area contributed by atoms with Gasteiger partial charge in [0.2, 0.25) is 0 Å². The summed E-state index contributed by atoms with van der Waals surface area (Å²) in [5, 5.41) is 3.45. The number of pyridine rings is 1. The van der Waals surface area contributed by atoms with Crippen LogP contribution >= 0.6 is 24.0 Å². The molecule has 1 aliphatic heterocycles. The Morgan fingerprint density at radius 1 is 1.43 bits per heavy atom. The zero-order chi connectivity index (χ0) is 16.0. The largest absolute Gasteiger partial charge is 0.357 e. The van der Waals surface area contributed by atoms with Gasteiger partial charge in [-0.05, 0) is 55.7 Å². The number of aliphatic imine (C=N–C) groups is 1. The summed E-state index contributed by atoms with van der Waals surface area (Å²) in [5.41, 5.74) is 3.04. The third kappa shape index (κ3) is 5.62. The Labute approximate surface area is 158 Å². The van der Waals surface area contributed by atoms with E-state index in [0.717, 1.165) is 38.6 Å². The number of hydrogen-bond donors (Lipinski definition) is 1. The van der Waals surface area contributed by atoms with Gasteiger partial charge in [0.1, 0.15) is 0 Å². The van der Waals surface area contributed by atoms with Crippen molar-refractivity contribution in [3.8, 4) is 0 Å². The molecular weight excluding hydrogens is 399 g/mol. The maximum Gasteiger partial charge on any atom is 0.193 e. The minimum absolute atomic E-state index is 0. The molecule has 1 N–H and O–H groups in total. The fraction of sp³-hybridized carbons (Fsp3) is 0.667. The summed E-state index contributed by atoms with van der Waals surface area (Å²) in [5.74, 6) is 1.08. The van der Waals surface area contributed by atoms with Gasteiger partial charge in [-0.25, -0.2) is 0 Å². The number of nitrogens with one attached hydrogen (secondary N) is 1. The second-order valence-corrected chi connectivity index (χ2v) is 6.62. The van der Waals surface area contributed by atoms with E-state index in [1.165, 1.54) is 24.0 Å². The number of aromatic nitrogens is 1. The summed E-state index contributed by atoms with van der Waals surface area (Å²) in [4.78, 5) is 11.4. The van der Waals surface area contributed by atoms with Crippen molar-refractivity contribution in [1.82, 2.24) is 15.2 Å².